The van der Waals surface area contributed by atoms with E-state index in [4.69, 9.17) is 0 Å². The molecule has 0 amide bonds. The fraction of sp³-hybridized carbons (Fsp3) is 0.333. The quantitative estimate of drug-likeness (QED) is 0.591. The molecule has 1 rings (SSSR count). The fourth-order valence-electron chi connectivity index (χ4n) is 1.28. The van der Waals surface area contributed by atoms with Crippen molar-refractivity contribution in [2.75, 3.05) is 0 Å². The van der Waals surface area contributed by atoms with Crippen molar-refractivity contribution in [1.82, 2.24) is 0 Å². The summed E-state index contributed by atoms with van der Waals surface area (Å²) in [5.41, 5.74) is 2.63. The van der Waals surface area contributed by atoms with Crippen LogP contribution >= 0.6 is 0 Å². The molecule has 0 saturated heterocycles. The predicted molar refractivity (Wildman–Crippen MR) is 52.0 cm³/mol. The third kappa shape index (κ3) is 2.23. The Bertz CT molecular complexity index is 248. The van der Waals surface area contributed by atoms with E-state index in [1.165, 1.54) is 17.5 Å². The van der Waals surface area contributed by atoms with Crippen LogP contribution in [0.15, 0.2) is 24.8 Å². The zero-order valence-corrected chi connectivity index (χ0v) is 7.56. The van der Waals surface area contributed by atoms with E-state index in [1.54, 1.807) is 0 Å². The van der Waals surface area contributed by atoms with Crippen LogP contribution < -0.4 is 0 Å². The van der Waals surface area contributed by atoms with Gasteiger partial charge in [0.05, 0.1) is 0 Å². The first kappa shape index (κ1) is 9.05. The van der Waals surface area contributed by atoms with Crippen molar-refractivity contribution in [2.45, 2.75) is 26.2 Å². The van der Waals surface area contributed by atoms with Gasteiger partial charge in [0, 0.05) is 0 Å². The van der Waals surface area contributed by atoms with Crippen LogP contribution in [-0.4, -0.2) is 0 Å². The molecule has 0 N–H and O–H groups in total. The second-order valence-corrected chi connectivity index (χ2v) is 2.85. The SMILES string of the molecule is C=CCc1[c][c]ccc1CCC. The lowest BCUT2D eigenvalue weighted by atomic mass is 10.0. The Morgan fingerprint density at radius 3 is 3.08 bits per heavy atom. The van der Waals surface area contributed by atoms with Gasteiger partial charge >= 0.3 is 0 Å². The second-order valence-electron chi connectivity index (χ2n) is 2.85. The molecule has 0 spiro atoms. The van der Waals surface area contributed by atoms with Gasteiger partial charge in [-0.3, -0.25) is 0 Å². The number of aryl methyl sites for hydroxylation is 1. The maximum Gasteiger partial charge on any atom is -0.00580 e. The summed E-state index contributed by atoms with van der Waals surface area (Å²) in [6.45, 7) is 5.91. The number of hydrogen-bond acceptors (Lipinski definition) is 0. The van der Waals surface area contributed by atoms with E-state index in [0.717, 1.165) is 12.8 Å². The van der Waals surface area contributed by atoms with Gasteiger partial charge in [0.1, 0.15) is 0 Å². The Kier molecular flexibility index (Phi) is 3.59. The molecule has 2 radical (unpaired) electrons. The van der Waals surface area contributed by atoms with Gasteiger partial charge < -0.3 is 0 Å². The molecule has 12 heavy (non-hydrogen) atoms. The highest BCUT2D eigenvalue weighted by Crippen LogP contribution is 2.10. The zero-order valence-electron chi connectivity index (χ0n) is 7.56. The normalized spacial score (nSPS) is 9.75. The number of allylic oxidation sites excluding steroid dienone is 1. The summed E-state index contributed by atoms with van der Waals surface area (Å²) < 4.78 is 0. The maximum absolute atomic E-state index is 3.72. The fourth-order valence-corrected chi connectivity index (χ4v) is 1.28. The van der Waals surface area contributed by atoms with Crippen LogP contribution in [0.2, 0.25) is 0 Å². The molecule has 0 bridgehead atoms. The predicted octanol–water partition coefficient (Wildman–Crippen LogP) is 2.97. The van der Waals surface area contributed by atoms with Crippen LogP contribution in [0.5, 0.6) is 0 Å². The minimum absolute atomic E-state index is 0.909. The lowest BCUT2D eigenvalue weighted by molar-refractivity contribution is 0.906. The van der Waals surface area contributed by atoms with E-state index in [-0.39, 0.29) is 0 Å². The summed E-state index contributed by atoms with van der Waals surface area (Å²) in [4.78, 5) is 0. The van der Waals surface area contributed by atoms with Gasteiger partial charge in [-0.05, 0) is 36.1 Å². The molecule has 0 aliphatic rings. The molecule has 1 aromatic carbocycles. The van der Waals surface area contributed by atoms with E-state index >= 15 is 0 Å². The zero-order chi connectivity index (χ0) is 8.81. The van der Waals surface area contributed by atoms with Crippen molar-refractivity contribution in [3.05, 3.63) is 48.0 Å². The summed E-state index contributed by atoms with van der Waals surface area (Å²) in [5.74, 6) is 0. The maximum atomic E-state index is 3.72. The summed E-state index contributed by atoms with van der Waals surface area (Å²) >= 11 is 0. The first-order chi connectivity index (χ1) is 5.88. The molecule has 0 unspecified atom stereocenters. The highest BCUT2D eigenvalue weighted by molar-refractivity contribution is 5.27. The van der Waals surface area contributed by atoms with E-state index in [2.05, 4.69) is 31.7 Å². The van der Waals surface area contributed by atoms with Gasteiger partial charge in [0.25, 0.3) is 0 Å². The van der Waals surface area contributed by atoms with Crippen molar-refractivity contribution in [3.8, 4) is 0 Å². The first-order valence-electron chi connectivity index (χ1n) is 4.39. The van der Waals surface area contributed by atoms with Crippen LogP contribution in [0, 0.1) is 12.1 Å². The Balaban J connectivity index is 2.83. The molecule has 0 heteroatoms. The van der Waals surface area contributed by atoms with Gasteiger partial charge in [0.2, 0.25) is 0 Å². The minimum atomic E-state index is 0.909. The highest BCUT2D eigenvalue weighted by Gasteiger charge is 1.97. The largest absolute Gasteiger partial charge is 0.103 e. The van der Waals surface area contributed by atoms with Crippen molar-refractivity contribution in [3.63, 3.8) is 0 Å². The molecule has 0 nitrogen and oxygen atoms in total. The van der Waals surface area contributed by atoms with Gasteiger partial charge in [-0.25, -0.2) is 0 Å². The molecule has 0 aromatic heterocycles. The number of rotatable bonds is 4. The summed E-state index contributed by atoms with van der Waals surface area (Å²) in [6, 6.07) is 10.2. The second kappa shape index (κ2) is 4.76. The van der Waals surface area contributed by atoms with Gasteiger partial charge in [-0.15, -0.1) is 6.58 Å². The van der Waals surface area contributed by atoms with Gasteiger partial charge in [-0.2, -0.15) is 0 Å². The van der Waals surface area contributed by atoms with E-state index in [0.29, 0.717) is 0 Å². The molecule has 62 valence electrons. The average molecular weight is 158 g/mol. The molecule has 0 atom stereocenters. The Hall–Kier alpha value is -1.04. The molecule has 0 fully saturated rings. The average Bonchev–Trinajstić information content (AvgIpc) is 2.09. The van der Waals surface area contributed by atoms with Crippen molar-refractivity contribution in [2.24, 2.45) is 0 Å². The van der Waals surface area contributed by atoms with Gasteiger partial charge in [0.15, 0.2) is 0 Å². The Morgan fingerprint density at radius 2 is 2.42 bits per heavy atom. The summed E-state index contributed by atoms with van der Waals surface area (Å²) in [5, 5.41) is 0. The lowest BCUT2D eigenvalue weighted by Crippen LogP contribution is -1.91. The monoisotopic (exact) mass is 158 g/mol. The molecule has 0 aliphatic carbocycles. The van der Waals surface area contributed by atoms with Crippen LogP contribution in [0.1, 0.15) is 24.5 Å². The van der Waals surface area contributed by atoms with Gasteiger partial charge in [-0.1, -0.05) is 31.6 Å². The minimum Gasteiger partial charge on any atom is -0.103 e. The summed E-state index contributed by atoms with van der Waals surface area (Å²) in [7, 11) is 0. The lowest BCUT2D eigenvalue weighted by Gasteiger charge is -2.04. The third-order valence-corrected chi connectivity index (χ3v) is 1.85. The Labute approximate surface area is 74.9 Å². The Morgan fingerprint density at radius 1 is 1.58 bits per heavy atom. The summed E-state index contributed by atoms with van der Waals surface area (Å²) in [6.07, 6.45) is 5.14. The highest BCUT2D eigenvalue weighted by atomic mass is 14.0. The van der Waals surface area contributed by atoms with E-state index in [1.807, 2.05) is 12.1 Å². The molecular weight excluding hydrogens is 144 g/mol. The van der Waals surface area contributed by atoms with Crippen molar-refractivity contribution >= 4 is 0 Å². The van der Waals surface area contributed by atoms with Crippen LogP contribution in [0.3, 0.4) is 0 Å². The van der Waals surface area contributed by atoms with Crippen molar-refractivity contribution < 1.29 is 0 Å². The van der Waals surface area contributed by atoms with E-state index in [9.17, 15) is 0 Å². The smallest absolute Gasteiger partial charge is 0.00580 e. The first-order valence-corrected chi connectivity index (χ1v) is 4.39. The third-order valence-electron chi connectivity index (χ3n) is 1.85. The molecule has 1 aromatic rings. The number of hydrogen-bond donors (Lipinski definition) is 0. The van der Waals surface area contributed by atoms with Crippen LogP contribution in [0.25, 0.3) is 0 Å². The topological polar surface area (TPSA) is 0 Å². The number of benzene rings is 1. The van der Waals surface area contributed by atoms with E-state index < -0.39 is 0 Å². The molecule has 0 heterocycles. The molecule has 0 aliphatic heterocycles. The molecular formula is C12H14. The molecule has 0 saturated carbocycles. The van der Waals surface area contributed by atoms with Crippen LogP contribution in [0.4, 0.5) is 0 Å². The van der Waals surface area contributed by atoms with Crippen molar-refractivity contribution in [1.29, 1.82) is 0 Å². The standard InChI is InChI=1S/C12H14/c1-3-7-11-9-5-6-10-12(11)8-4-2/h3,6,10H,1,4,7-8H2,2H3. The van der Waals surface area contributed by atoms with Crippen LogP contribution in [-0.2, 0) is 12.8 Å².